The van der Waals surface area contributed by atoms with Crippen LogP contribution in [0.2, 0.25) is 0 Å². The Balaban J connectivity index is 1.59. The normalized spacial score (nSPS) is 13.4. The highest BCUT2D eigenvalue weighted by Crippen LogP contribution is 2.25. The van der Waals surface area contributed by atoms with Crippen molar-refractivity contribution in [3.63, 3.8) is 0 Å². The van der Waals surface area contributed by atoms with E-state index in [0.717, 1.165) is 42.7 Å². The predicted molar refractivity (Wildman–Crippen MR) is 102 cm³/mol. The second kappa shape index (κ2) is 6.55. The summed E-state index contributed by atoms with van der Waals surface area (Å²) in [6.45, 7) is 5.92. The van der Waals surface area contributed by atoms with E-state index in [1.807, 2.05) is 13.0 Å². The lowest BCUT2D eigenvalue weighted by molar-refractivity contribution is 0.717. The first-order valence-corrected chi connectivity index (χ1v) is 8.68. The number of hydrogen-bond donors (Lipinski definition) is 1. The van der Waals surface area contributed by atoms with E-state index >= 15 is 0 Å². The second-order valence-electron chi connectivity index (χ2n) is 6.59. The second-order valence-corrected chi connectivity index (χ2v) is 6.59. The average Bonchev–Trinajstić information content (AvgIpc) is 2.63. The van der Waals surface area contributed by atoms with Gasteiger partial charge in [-0.15, -0.1) is 0 Å². The molecule has 1 aliphatic rings. The fourth-order valence-corrected chi connectivity index (χ4v) is 3.25. The minimum Gasteiger partial charge on any atom is -0.352 e. The molecule has 0 amide bonds. The topological polar surface area (TPSA) is 41.0 Å². The molecule has 4 rings (SSSR count). The van der Waals surface area contributed by atoms with Crippen LogP contribution in [0, 0.1) is 13.8 Å². The first kappa shape index (κ1) is 15.6. The standard InChI is InChI=1S/C21H22N4/c1-15-7-9-19(10-8-15)24-20-13-21(23-16(2)22-20)25-12-11-17-5-3-4-6-18(17)14-25/h3-10,13H,11-12,14H2,1-2H3,(H,22,23,24). The van der Waals surface area contributed by atoms with Gasteiger partial charge in [0.2, 0.25) is 0 Å². The Morgan fingerprint density at radius 1 is 0.920 bits per heavy atom. The van der Waals surface area contributed by atoms with Crippen molar-refractivity contribution in [2.45, 2.75) is 26.8 Å². The summed E-state index contributed by atoms with van der Waals surface area (Å²) in [5.41, 5.74) is 5.12. The van der Waals surface area contributed by atoms with Gasteiger partial charge in [-0.1, -0.05) is 42.0 Å². The van der Waals surface area contributed by atoms with Gasteiger partial charge in [0.1, 0.15) is 17.5 Å². The zero-order valence-corrected chi connectivity index (χ0v) is 14.7. The van der Waals surface area contributed by atoms with Crippen molar-refractivity contribution in [2.75, 3.05) is 16.8 Å². The summed E-state index contributed by atoms with van der Waals surface area (Å²) in [5, 5.41) is 3.39. The summed E-state index contributed by atoms with van der Waals surface area (Å²) in [6.07, 6.45) is 1.06. The number of anilines is 3. The van der Waals surface area contributed by atoms with E-state index in [2.05, 4.69) is 75.6 Å². The van der Waals surface area contributed by atoms with Crippen LogP contribution in [0.5, 0.6) is 0 Å². The lowest BCUT2D eigenvalue weighted by Crippen LogP contribution is -2.31. The van der Waals surface area contributed by atoms with Crippen molar-refractivity contribution in [1.82, 2.24) is 9.97 Å². The highest BCUT2D eigenvalue weighted by Gasteiger charge is 2.18. The minimum absolute atomic E-state index is 0.783. The maximum Gasteiger partial charge on any atom is 0.136 e. The number of nitrogens with zero attached hydrogens (tertiary/aromatic N) is 3. The number of hydrogen-bond acceptors (Lipinski definition) is 4. The molecule has 0 radical (unpaired) electrons. The summed E-state index contributed by atoms with van der Waals surface area (Å²) < 4.78 is 0. The van der Waals surface area contributed by atoms with Crippen LogP contribution in [0.15, 0.2) is 54.6 Å². The molecule has 0 fully saturated rings. The van der Waals surface area contributed by atoms with Gasteiger partial charge in [-0.05, 0) is 43.5 Å². The molecule has 3 aromatic rings. The van der Waals surface area contributed by atoms with E-state index in [1.165, 1.54) is 16.7 Å². The van der Waals surface area contributed by atoms with Crippen molar-refractivity contribution < 1.29 is 0 Å². The third kappa shape index (κ3) is 3.48. The van der Waals surface area contributed by atoms with Crippen LogP contribution in [-0.2, 0) is 13.0 Å². The molecular formula is C21H22N4. The zero-order valence-electron chi connectivity index (χ0n) is 14.7. The number of fused-ring (bicyclic) bond motifs is 1. The summed E-state index contributed by atoms with van der Waals surface area (Å²) in [5.74, 6) is 2.60. The van der Waals surface area contributed by atoms with Crippen LogP contribution < -0.4 is 10.2 Å². The van der Waals surface area contributed by atoms with Gasteiger partial charge >= 0.3 is 0 Å². The summed E-state index contributed by atoms with van der Waals surface area (Å²) in [7, 11) is 0. The fourth-order valence-electron chi connectivity index (χ4n) is 3.25. The molecule has 0 saturated carbocycles. The van der Waals surface area contributed by atoms with Crippen molar-refractivity contribution >= 4 is 17.3 Å². The van der Waals surface area contributed by atoms with Crippen LogP contribution in [0.4, 0.5) is 17.3 Å². The molecule has 0 atom stereocenters. The van der Waals surface area contributed by atoms with Gasteiger partial charge in [0, 0.05) is 24.8 Å². The van der Waals surface area contributed by atoms with Gasteiger partial charge in [0.15, 0.2) is 0 Å². The number of aromatic nitrogens is 2. The van der Waals surface area contributed by atoms with Crippen molar-refractivity contribution in [2.24, 2.45) is 0 Å². The largest absolute Gasteiger partial charge is 0.352 e. The van der Waals surface area contributed by atoms with Crippen LogP contribution in [-0.4, -0.2) is 16.5 Å². The van der Waals surface area contributed by atoms with E-state index < -0.39 is 0 Å². The van der Waals surface area contributed by atoms with Crippen molar-refractivity contribution in [1.29, 1.82) is 0 Å². The van der Waals surface area contributed by atoms with E-state index in [-0.39, 0.29) is 0 Å². The number of rotatable bonds is 3. The third-order valence-electron chi connectivity index (χ3n) is 4.60. The van der Waals surface area contributed by atoms with Gasteiger partial charge in [0.05, 0.1) is 0 Å². The molecule has 1 aliphatic heterocycles. The minimum atomic E-state index is 0.783. The van der Waals surface area contributed by atoms with Gasteiger partial charge in [0.25, 0.3) is 0 Å². The van der Waals surface area contributed by atoms with E-state index in [9.17, 15) is 0 Å². The van der Waals surface area contributed by atoms with Gasteiger partial charge < -0.3 is 10.2 Å². The lowest BCUT2D eigenvalue weighted by atomic mass is 10.00. The zero-order chi connectivity index (χ0) is 17.2. The molecule has 0 unspecified atom stereocenters. The van der Waals surface area contributed by atoms with Gasteiger partial charge in [-0.2, -0.15) is 0 Å². The van der Waals surface area contributed by atoms with Crippen molar-refractivity contribution in [3.8, 4) is 0 Å². The summed E-state index contributed by atoms with van der Waals surface area (Å²) >= 11 is 0. The Hall–Kier alpha value is -2.88. The molecule has 1 aromatic heterocycles. The average molecular weight is 330 g/mol. The molecular weight excluding hydrogens is 308 g/mol. The molecule has 2 heterocycles. The highest BCUT2D eigenvalue weighted by molar-refractivity contribution is 5.60. The van der Waals surface area contributed by atoms with E-state index in [1.54, 1.807) is 0 Å². The molecule has 126 valence electrons. The van der Waals surface area contributed by atoms with Crippen LogP contribution in [0.3, 0.4) is 0 Å². The Morgan fingerprint density at radius 2 is 1.68 bits per heavy atom. The Bertz CT molecular complexity index is 887. The monoisotopic (exact) mass is 330 g/mol. The van der Waals surface area contributed by atoms with Crippen LogP contribution in [0.25, 0.3) is 0 Å². The number of nitrogens with one attached hydrogen (secondary N) is 1. The molecule has 4 nitrogen and oxygen atoms in total. The van der Waals surface area contributed by atoms with Gasteiger partial charge in [-0.3, -0.25) is 0 Å². The molecule has 0 spiro atoms. The molecule has 4 heteroatoms. The summed E-state index contributed by atoms with van der Waals surface area (Å²) in [6, 6.07) is 19.0. The maximum atomic E-state index is 4.66. The Morgan fingerprint density at radius 3 is 2.48 bits per heavy atom. The molecule has 1 N–H and O–H groups in total. The first-order valence-electron chi connectivity index (χ1n) is 8.68. The molecule has 2 aromatic carbocycles. The molecule has 0 bridgehead atoms. The Kier molecular flexibility index (Phi) is 4.10. The third-order valence-corrected chi connectivity index (χ3v) is 4.60. The van der Waals surface area contributed by atoms with Crippen LogP contribution in [0.1, 0.15) is 22.5 Å². The van der Waals surface area contributed by atoms with E-state index in [0.29, 0.717) is 0 Å². The lowest BCUT2D eigenvalue weighted by Gasteiger charge is -2.30. The Labute approximate surface area is 148 Å². The first-order chi connectivity index (χ1) is 12.2. The fraction of sp³-hybridized carbons (Fsp3) is 0.238. The number of aryl methyl sites for hydroxylation is 2. The smallest absolute Gasteiger partial charge is 0.136 e. The predicted octanol–water partition coefficient (Wildman–Crippen LogP) is 4.40. The quantitative estimate of drug-likeness (QED) is 0.773. The van der Waals surface area contributed by atoms with E-state index in [4.69, 9.17) is 0 Å². The molecule has 0 saturated heterocycles. The van der Waals surface area contributed by atoms with Gasteiger partial charge in [-0.25, -0.2) is 9.97 Å². The van der Waals surface area contributed by atoms with Crippen molar-refractivity contribution in [3.05, 3.63) is 77.1 Å². The number of benzene rings is 2. The highest BCUT2D eigenvalue weighted by atomic mass is 15.2. The maximum absolute atomic E-state index is 4.66. The van der Waals surface area contributed by atoms with Crippen LogP contribution >= 0.6 is 0 Å². The molecule has 25 heavy (non-hydrogen) atoms. The molecule has 0 aliphatic carbocycles. The SMILES string of the molecule is Cc1ccc(Nc2cc(N3CCc4ccccc4C3)nc(C)n2)cc1. The summed E-state index contributed by atoms with van der Waals surface area (Å²) in [4.78, 5) is 11.5.